The molecule has 0 unspecified atom stereocenters. The first-order valence-electron chi connectivity index (χ1n) is 8.83. The molecule has 0 radical (unpaired) electrons. The predicted molar refractivity (Wildman–Crippen MR) is 98.6 cm³/mol. The largest absolute Gasteiger partial charge is 0.453 e. The number of hydrogen-bond acceptors (Lipinski definition) is 4. The molecule has 128 valence electrons. The van der Waals surface area contributed by atoms with Crippen molar-refractivity contribution < 1.29 is 4.42 Å². The van der Waals surface area contributed by atoms with Crippen molar-refractivity contribution in [2.75, 3.05) is 0 Å². The molecule has 0 N–H and O–H groups in total. The lowest BCUT2D eigenvalue weighted by Crippen LogP contribution is -2.14. The van der Waals surface area contributed by atoms with Gasteiger partial charge in [-0.2, -0.15) is 5.26 Å². The van der Waals surface area contributed by atoms with Crippen LogP contribution in [0, 0.1) is 16.1 Å². The van der Waals surface area contributed by atoms with Crippen LogP contribution in [-0.4, -0.2) is 14.3 Å². The zero-order valence-electron chi connectivity index (χ0n) is 14.0. The van der Waals surface area contributed by atoms with Gasteiger partial charge in [0.2, 0.25) is 0 Å². The Morgan fingerprint density at radius 1 is 1.24 bits per heavy atom. The summed E-state index contributed by atoms with van der Waals surface area (Å²) in [6.45, 7) is 0.516. The predicted octanol–water partition coefficient (Wildman–Crippen LogP) is 5.25. The molecule has 0 saturated heterocycles. The Balaban J connectivity index is 1.84. The Bertz CT molecular complexity index is 952. The number of aromatic nitrogens is 3. The van der Waals surface area contributed by atoms with Crippen molar-refractivity contribution in [3.8, 4) is 17.7 Å². The highest BCUT2D eigenvalue weighted by Gasteiger charge is 2.24. The normalized spacial score (nSPS) is 15.5. The highest BCUT2D eigenvalue weighted by atomic mass is 32.1. The van der Waals surface area contributed by atoms with Crippen LogP contribution in [-0.2, 0) is 6.54 Å². The third-order valence-electron chi connectivity index (χ3n) is 4.89. The lowest BCUT2D eigenvalue weighted by atomic mass is 9.95. The minimum Gasteiger partial charge on any atom is -0.453 e. The number of nitrogens with zero attached hydrogens (tertiary/aromatic N) is 4. The number of hydrogen-bond donors (Lipinski definition) is 0. The molecule has 0 bridgehead atoms. The summed E-state index contributed by atoms with van der Waals surface area (Å²) in [4.78, 5) is 0. The molecule has 0 spiro atoms. The van der Waals surface area contributed by atoms with Crippen molar-refractivity contribution >= 4 is 23.2 Å². The number of aryl methyl sites for hydroxylation is 1. The average molecular weight is 352 g/mol. The molecule has 1 aliphatic rings. The van der Waals surface area contributed by atoms with Gasteiger partial charge in [0.25, 0.3) is 0 Å². The second kappa shape index (κ2) is 6.85. The van der Waals surface area contributed by atoms with Gasteiger partial charge >= 0.3 is 0 Å². The molecule has 1 aromatic carbocycles. The van der Waals surface area contributed by atoms with E-state index >= 15 is 0 Å². The van der Waals surface area contributed by atoms with Gasteiger partial charge < -0.3 is 4.42 Å². The number of fused-ring (bicyclic) bond motifs is 1. The molecule has 5 nitrogen and oxygen atoms in total. The summed E-state index contributed by atoms with van der Waals surface area (Å²) in [5, 5.41) is 14.7. The standard InChI is InChI=1S/C19H20N4OS/c20-11-6-12-22-19(25)23(15-8-2-1-3-9-15)18(21-22)17-13-14-7-4-5-10-16(14)24-17/h4-5,7,10,13,15H,1-3,6,8-9,12H2. The zero-order valence-corrected chi connectivity index (χ0v) is 14.8. The Morgan fingerprint density at radius 3 is 2.80 bits per heavy atom. The lowest BCUT2D eigenvalue weighted by molar-refractivity contribution is 0.349. The van der Waals surface area contributed by atoms with Gasteiger partial charge in [0, 0.05) is 11.4 Å². The van der Waals surface area contributed by atoms with E-state index in [1.807, 2.05) is 30.3 Å². The summed E-state index contributed by atoms with van der Waals surface area (Å²) in [5.41, 5.74) is 0.852. The zero-order chi connectivity index (χ0) is 17.2. The van der Waals surface area contributed by atoms with Gasteiger partial charge in [-0.25, -0.2) is 4.68 Å². The van der Waals surface area contributed by atoms with Crippen molar-refractivity contribution in [3.63, 3.8) is 0 Å². The van der Waals surface area contributed by atoms with Gasteiger partial charge in [-0.1, -0.05) is 37.5 Å². The maximum Gasteiger partial charge on any atom is 0.198 e. The van der Waals surface area contributed by atoms with Crippen molar-refractivity contribution in [1.82, 2.24) is 14.3 Å². The highest BCUT2D eigenvalue weighted by molar-refractivity contribution is 7.71. The van der Waals surface area contributed by atoms with Crippen molar-refractivity contribution in [2.45, 2.75) is 51.1 Å². The number of benzene rings is 1. The van der Waals surface area contributed by atoms with E-state index in [9.17, 15) is 0 Å². The summed E-state index contributed by atoms with van der Waals surface area (Å²) < 4.78 is 10.7. The van der Waals surface area contributed by atoms with E-state index in [1.165, 1.54) is 19.3 Å². The summed E-state index contributed by atoms with van der Waals surface area (Å²) in [6, 6.07) is 12.5. The van der Waals surface area contributed by atoms with Crippen LogP contribution in [0.25, 0.3) is 22.6 Å². The topological polar surface area (TPSA) is 59.7 Å². The molecule has 4 rings (SSSR count). The molecule has 1 fully saturated rings. The van der Waals surface area contributed by atoms with E-state index in [4.69, 9.17) is 27.0 Å². The molecule has 25 heavy (non-hydrogen) atoms. The molecule has 0 aliphatic heterocycles. The van der Waals surface area contributed by atoms with Crippen LogP contribution >= 0.6 is 12.2 Å². The maximum atomic E-state index is 8.91. The first-order valence-corrected chi connectivity index (χ1v) is 9.24. The van der Waals surface area contributed by atoms with Crippen molar-refractivity contribution in [1.29, 1.82) is 5.26 Å². The fraction of sp³-hybridized carbons (Fsp3) is 0.421. The van der Waals surface area contributed by atoms with Gasteiger partial charge in [0.05, 0.1) is 19.0 Å². The van der Waals surface area contributed by atoms with Gasteiger partial charge in [-0.3, -0.25) is 4.57 Å². The second-order valence-corrected chi connectivity index (χ2v) is 6.91. The van der Waals surface area contributed by atoms with Crippen LogP contribution in [0.15, 0.2) is 34.7 Å². The minimum atomic E-state index is 0.361. The van der Waals surface area contributed by atoms with E-state index in [1.54, 1.807) is 4.68 Å². The average Bonchev–Trinajstić information content (AvgIpc) is 3.21. The molecule has 1 aliphatic carbocycles. The van der Waals surface area contributed by atoms with Crippen LogP contribution < -0.4 is 0 Å². The molecule has 2 heterocycles. The smallest absolute Gasteiger partial charge is 0.198 e. The van der Waals surface area contributed by atoms with E-state index < -0.39 is 0 Å². The fourth-order valence-electron chi connectivity index (χ4n) is 3.65. The third kappa shape index (κ3) is 3.00. The molecule has 0 amide bonds. The third-order valence-corrected chi connectivity index (χ3v) is 5.30. The Kier molecular flexibility index (Phi) is 4.41. The van der Waals surface area contributed by atoms with Crippen LogP contribution in [0.5, 0.6) is 0 Å². The monoisotopic (exact) mass is 352 g/mol. The molecule has 3 aromatic rings. The fourth-order valence-corrected chi connectivity index (χ4v) is 4.02. The van der Waals surface area contributed by atoms with Crippen molar-refractivity contribution in [3.05, 3.63) is 35.1 Å². The second-order valence-electron chi connectivity index (χ2n) is 6.55. The summed E-state index contributed by atoms with van der Waals surface area (Å²) >= 11 is 5.70. The van der Waals surface area contributed by atoms with Crippen LogP contribution in [0.1, 0.15) is 44.6 Å². The summed E-state index contributed by atoms with van der Waals surface area (Å²) in [7, 11) is 0. The van der Waals surface area contributed by atoms with Crippen molar-refractivity contribution in [2.24, 2.45) is 0 Å². The molecule has 0 atom stereocenters. The van der Waals surface area contributed by atoms with Crippen LogP contribution in [0.2, 0.25) is 0 Å². The van der Waals surface area contributed by atoms with Crippen LogP contribution in [0.3, 0.4) is 0 Å². The number of nitriles is 1. The maximum absolute atomic E-state index is 8.91. The molecular formula is C19H20N4OS. The van der Waals surface area contributed by atoms with Gasteiger partial charge in [-0.05, 0) is 37.2 Å². The summed E-state index contributed by atoms with van der Waals surface area (Å²) in [5.74, 6) is 1.53. The number of para-hydroxylation sites is 1. The van der Waals surface area contributed by atoms with Gasteiger partial charge in [0.15, 0.2) is 16.4 Å². The lowest BCUT2D eigenvalue weighted by Gasteiger charge is -2.23. The van der Waals surface area contributed by atoms with E-state index in [2.05, 4.69) is 10.6 Å². The van der Waals surface area contributed by atoms with Gasteiger partial charge in [0.1, 0.15) is 5.58 Å². The number of furan rings is 1. The first kappa shape index (κ1) is 16.1. The Morgan fingerprint density at radius 2 is 2.04 bits per heavy atom. The Hall–Kier alpha value is -2.39. The molecule has 6 heteroatoms. The van der Waals surface area contributed by atoms with Crippen LogP contribution in [0.4, 0.5) is 0 Å². The number of rotatable bonds is 4. The first-order chi connectivity index (χ1) is 12.3. The highest BCUT2D eigenvalue weighted by Crippen LogP contribution is 2.34. The molecule has 1 saturated carbocycles. The molecule has 2 aromatic heterocycles. The van der Waals surface area contributed by atoms with E-state index in [0.29, 0.717) is 23.8 Å². The quantitative estimate of drug-likeness (QED) is 0.602. The molecular weight excluding hydrogens is 332 g/mol. The van der Waals surface area contributed by atoms with Gasteiger partial charge in [-0.15, -0.1) is 5.10 Å². The minimum absolute atomic E-state index is 0.361. The van der Waals surface area contributed by atoms with E-state index in [0.717, 1.165) is 35.4 Å². The summed E-state index contributed by atoms with van der Waals surface area (Å²) in [6.07, 6.45) is 6.35. The van der Waals surface area contributed by atoms with E-state index in [-0.39, 0.29) is 0 Å². The Labute approximate surface area is 151 Å². The SMILES string of the molecule is N#CCCn1nc(-c2cc3ccccc3o2)n(C2CCCCC2)c1=S.